The summed E-state index contributed by atoms with van der Waals surface area (Å²) >= 11 is 0. The standard InChI is InChI=1S/C10H22N2O2S/c1-2-12(9-8-11)15(13,14)10-6-4-3-5-7-10/h10H,2-9,11H2,1H3. The van der Waals surface area contributed by atoms with Crippen LogP contribution in [-0.2, 0) is 10.0 Å². The summed E-state index contributed by atoms with van der Waals surface area (Å²) in [7, 11) is -3.08. The summed E-state index contributed by atoms with van der Waals surface area (Å²) in [6.45, 7) is 3.27. The maximum Gasteiger partial charge on any atom is 0.217 e. The molecule has 0 aromatic carbocycles. The summed E-state index contributed by atoms with van der Waals surface area (Å²) in [6, 6.07) is 0. The monoisotopic (exact) mass is 234 g/mol. The first kappa shape index (κ1) is 12.9. The van der Waals surface area contributed by atoms with E-state index in [1.165, 1.54) is 10.7 Å². The Bertz CT molecular complexity index is 260. The Kier molecular flexibility index (Phi) is 5.02. The van der Waals surface area contributed by atoms with E-state index in [1.54, 1.807) is 0 Å². The largest absolute Gasteiger partial charge is 0.329 e. The van der Waals surface area contributed by atoms with Gasteiger partial charge in [-0.25, -0.2) is 12.7 Å². The molecule has 2 N–H and O–H groups in total. The van der Waals surface area contributed by atoms with Crippen LogP contribution in [0.2, 0.25) is 0 Å². The van der Waals surface area contributed by atoms with Gasteiger partial charge in [0.2, 0.25) is 10.0 Å². The van der Waals surface area contributed by atoms with E-state index in [1.807, 2.05) is 6.92 Å². The van der Waals surface area contributed by atoms with Crippen molar-refractivity contribution in [1.82, 2.24) is 4.31 Å². The Balaban J connectivity index is 2.69. The normalized spacial score (nSPS) is 19.7. The second kappa shape index (κ2) is 5.82. The number of rotatable bonds is 5. The molecular weight excluding hydrogens is 212 g/mol. The summed E-state index contributed by atoms with van der Waals surface area (Å²) in [5.41, 5.74) is 5.43. The highest BCUT2D eigenvalue weighted by molar-refractivity contribution is 7.89. The summed E-state index contributed by atoms with van der Waals surface area (Å²) < 4.78 is 25.9. The van der Waals surface area contributed by atoms with Gasteiger partial charge in [0.15, 0.2) is 0 Å². The lowest BCUT2D eigenvalue weighted by atomic mass is 10.0. The van der Waals surface area contributed by atoms with Gasteiger partial charge in [-0.1, -0.05) is 26.2 Å². The van der Waals surface area contributed by atoms with Gasteiger partial charge in [0.1, 0.15) is 0 Å². The molecule has 0 radical (unpaired) electrons. The predicted octanol–water partition coefficient (Wildman–Crippen LogP) is 0.929. The molecular formula is C10H22N2O2S. The van der Waals surface area contributed by atoms with Crippen molar-refractivity contribution in [2.45, 2.75) is 44.3 Å². The fourth-order valence-electron chi connectivity index (χ4n) is 2.18. The minimum Gasteiger partial charge on any atom is -0.329 e. The summed E-state index contributed by atoms with van der Waals surface area (Å²) in [4.78, 5) is 0. The van der Waals surface area contributed by atoms with E-state index in [4.69, 9.17) is 5.73 Å². The van der Waals surface area contributed by atoms with Crippen molar-refractivity contribution in [3.8, 4) is 0 Å². The van der Waals surface area contributed by atoms with Gasteiger partial charge in [-0.15, -0.1) is 0 Å². The molecule has 15 heavy (non-hydrogen) atoms. The third kappa shape index (κ3) is 3.16. The fraction of sp³-hybridized carbons (Fsp3) is 1.00. The lowest BCUT2D eigenvalue weighted by Gasteiger charge is -2.28. The smallest absolute Gasteiger partial charge is 0.217 e. The molecule has 0 aliphatic heterocycles. The number of hydrogen-bond acceptors (Lipinski definition) is 3. The van der Waals surface area contributed by atoms with Gasteiger partial charge in [-0.3, -0.25) is 0 Å². The Morgan fingerprint density at radius 3 is 2.33 bits per heavy atom. The van der Waals surface area contributed by atoms with Crippen LogP contribution in [0, 0.1) is 0 Å². The van der Waals surface area contributed by atoms with Crippen LogP contribution >= 0.6 is 0 Å². The molecule has 4 nitrogen and oxygen atoms in total. The SMILES string of the molecule is CCN(CCN)S(=O)(=O)C1CCCCC1. The number of nitrogens with two attached hydrogens (primary N) is 1. The van der Waals surface area contributed by atoms with E-state index in [9.17, 15) is 8.42 Å². The molecule has 90 valence electrons. The van der Waals surface area contributed by atoms with Crippen molar-refractivity contribution >= 4 is 10.0 Å². The highest BCUT2D eigenvalue weighted by atomic mass is 32.2. The second-order valence-corrected chi connectivity index (χ2v) is 6.30. The van der Waals surface area contributed by atoms with Crippen LogP contribution in [0.4, 0.5) is 0 Å². The molecule has 1 aliphatic rings. The quantitative estimate of drug-likeness (QED) is 0.769. The fourth-order valence-corrected chi connectivity index (χ4v) is 4.25. The first-order chi connectivity index (χ1) is 7.12. The highest BCUT2D eigenvalue weighted by Gasteiger charge is 2.31. The Hall–Kier alpha value is -0.130. The van der Waals surface area contributed by atoms with Gasteiger partial charge < -0.3 is 5.73 Å². The van der Waals surface area contributed by atoms with Gasteiger partial charge in [-0.2, -0.15) is 0 Å². The van der Waals surface area contributed by atoms with Crippen molar-refractivity contribution in [3.63, 3.8) is 0 Å². The van der Waals surface area contributed by atoms with Crippen molar-refractivity contribution in [2.24, 2.45) is 5.73 Å². The molecule has 0 spiro atoms. The number of sulfonamides is 1. The summed E-state index contributed by atoms with van der Waals surface area (Å²) in [6.07, 6.45) is 4.91. The van der Waals surface area contributed by atoms with Gasteiger partial charge >= 0.3 is 0 Å². The molecule has 1 fully saturated rings. The van der Waals surface area contributed by atoms with Crippen LogP contribution in [0.1, 0.15) is 39.0 Å². The first-order valence-corrected chi connectivity index (χ1v) is 7.32. The molecule has 1 saturated carbocycles. The van der Waals surface area contributed by atoms with Gasteiger partial charge in [0.25, 0.3) is 0 Å². The van der Waals surface area contributed by atoms with E-state index in [0.717, 1.165) is 25.7 Å². The molecule has 1 rings (SSSR count). The first-order valence-electron chi connectivity index (χ1n) is 5.82. The maximum absolute atomic E-state index is 12.2. The number of nitrogens with zero attached hydrogens (tertiary/aromatic N) is 1. The van der Waals surface area contributed by atoms with Crippen LogP contribution in [0.3, 0.4) is 0 Å². The van der Waals surface area contributed by atoms with E-state index < -0.39 is 10.0 Å². The minimum absolute atomic E-state index is 0.155. The molecule has 1 aliphatic carbocycles. The average Bonchev–Trinajstić information content (AvgIpc) is 2.27. The lowest BCUT2D eigenvalue weighted by molar-refractivity contribution is 0.403. The minimum atomic E-state index is -3.08. The molecule has 0 aromatic rings. The van der Waals surface area contributed by atoms with Crippen molar-refractivity contribution in [1.29, 1.82) is 0 Å². The highest BCUT2D eigenvalue weighted by Crippen LogP contribution is 2.25. The zero-order valence-electron chi connectivity index (χ0n) is 9.48. The van der Waals surface area contributed by atoms with E-state index in [2.05, 4.69) is 0 Å². The van der Waals surface area contributed by atoms with Crippen LogP contribution < -0.4 is 5.73 Å². The van der Waals surface area contributed by atoms with Crippen LogP contribution in [-0.4, -0.2) is 37.6 Å². The summed E-state index contributed by atoms with van der Waals surface area (Å²) in [5.74, 6) is 0. The second-order valence-electron chi connectivity index (χ2n) is 4.09. The van der Waals surface area contributed by atoms with E-state index in [0.29, 0.717) is 19.6 Å². The summed E-state index contributed by atoms with van der Waals surface area (Å²) in [5, 5.41) is -0.155. The van der Waals surface area contributed by atoms with Crippen LogP contribution in [0.5, 0.6) is 0 Å². The van der Waals surface area contributed by atoms with Gasteiger partial charge in [0, 0.05) is 19.6 Å². The molecule has 0 heterocycles. The predicted molar refractivity (Wildman–Crippen MR) is 62.1 cm³/mol. The molecule has 0 bridgehead atoms. The Morgan fingerprint density at radius 1 is 1.27 bits per heavy atom. The maximum atomic E-state index is 12.2. The molecule has 0 aromatic heterocycles. The van der Waals surface area contributed by atoms with E-state index >= 15 is 0 Å². The van der Waals surface area contributed by atoms with Gasteiger partial charge in [0.05, 0.1) is 5.25 Å². The molecule has 0 saturated heterocycles. The van der Waals surface area contributed by atoms with Crippen molar-refractivity contribution in [3.05, 3.63) is 0 Å². The number of likely N-dealkylation sites (N-methyl/N-ethyl adjacent to an activating group) is 1. The average molecular weight is 234 g/mol. The van der Waals surface area contributed by atoms with Crippen LogP contribution in [0.25, 0.3) is 0 Å². The number of hydrogen-bond donors (Lipinski definition) is 1. The van der Waals surface area contributed by atoms with Crippen molar-refractivity contribution < 1.29 is 8.42 Å². The van der Waals surface area contributed by atoms with Crippen LogP contribution in [0.15, 0.2) is 0 Å². The Labute approximate surface area is 92.9 Å². The van der Waals surface area contributed by atoms with E-state index in [-0.39, 0.29) is 5.25 Å². The molecule has 0 amide bonds. The topological polar surface area (TPSA) is 63.4 Å². The lowest BCUT2D eigenvalue weighted by Crippen LogP contribution is -2.42. The molecule has 0 atom stereocenters. The molecule has 5 heteroatoms. The third-order valence-corrected chi connectivity index (χ3v) is 5.54. The zero-order chi connectivity index (χ0) is 11.3. The third-order valence-electron chi connectivity index (χ3n) is 3.06. The van der Waals surface area contributed by atoms with Gasteiger partial charge in [-0.05, 0) is 12.8 Å². The molecule has 0 unspecified atom stereocenters. The zero-order valence-corrected chi connectivity index (χ0v) is 10.3. The van der Waals surface area contributed by atoms with Crippen molar-refractivity contribution in [2.75, 3.05) is 19.6 Å². The Morgan fingerprint density at radius 2 is 1.87 bits per heavy atom.